The lowest BCUT2D eigenvalue weighted by Gasteiger charge is -2.10. The van der Waals surface area contributed by atoms with Gasteiger partial charge in [-0.2, -0.15) is 9.61 Å². The van der Waals surface area contributed by atoms with Crippen molar-refractivity contribution in [2.75, 3.05) is 0 Å². The number of nitrogens with two attached hydrogens (primary N) is 1. The smallest absolute Gasteiger partial charge is 0.274 e. The lowest BCUT2D eigenvalue weighted by molar-refractivity contribution is 0.667. The van der Waals surface area contributed by atoms with Gasteiger partial charge in [-0.1, -0.05) is 12.8 Å². The van der Waals surface area contributed by atoms with Gasteiger partial charge in [-0.05, 0) is 19.8 Å². The van der Waals surface area contributed by atoms with Crippen LogP contribution in [0.1, 0.15) is 49.9 Å². The van der Waals surface area contributed by atoms with Crippen LogP contribution in [-0.4, -0.2) is 14.2 Å². The second kappa shape index (κ2) is 4.81. The minimum atomic E-state index is -0.0793. The van der Waals surface area contributed by atoms with E-state index in [1.54, 1.807) is 6.07 Å². The highest BCUT2D eigenvalue weighted by atomic mass is 16.1. The number of hydrogen-bond donors (Lipinski definition) is 1. The first kappa shape index (κ1) is 12.4. The van der Waals surface area contributed by atoms with Crippen LogP contribution in [-0.2, 0) is 13.1 Å². The Labute approximate surface area is 112 Å². The highest BCUT2D eigenvalue weighted by Gasteiger charge is 2.21. The molecule has 1 aliphatic rings. The van der Waals surface area contributed by atoms with E-state index in [-0.39, 0.29) is 5.56 Å². The molecule has 2 heterocycles. The van der Waals surface area contributed by atoms with Crippen molar-refractivity contribution in [1.82, 2.24) is 14.2 Å². The van der Waals surface area contributed by atoms with E-state index in [4.69, 9.17) is 5.73 Å². The maximum atomic E-state index is 12.1. The Morgan fingerprint density at radius 2 is 2.11 bits per heavy atom. The van der Waals surface area contributed by atoms with Gasteiger partial charge in [0.1, 0.15) is 5.65 Å². The van der Waals surface area contributed by atoms with Gasteiger partial charge >= 0.3 is 0 Å². The standard InChI is InChI=1S/C14H20N4O/c1-2-17-11(9-15)7-14(19)18-13(17)8-12(16-18)10-5-3-4-6-10/h7-8,10H,2-6,9,15H2,1H3. The predicted octanol–water partition coefficient (Wildman–Crippen LogP) is 1.63. The van der Waals surface area contributed by atoms with Gasteiger partial charge < -0.3 is 10.3 Å². The summed E-state index contributed by atoms with van der Waals surface area (Å²) in [4.78, 5) is 12.1. The number of nitrogens with zero attached hydrogens (tertiary/aromatic N) is 3. The summed E-state index contributed by atoms with van der Waals surface area (Å²) in [5.41, 5.74) is 8.45. The van der Waals surface area contributed by atoms with E-state index >= 15 is 0 Å². The van der Waals surface area contributed by atoms with Crippen molar-refractivity contribution in [2.24, 2.45) is 5.73 Å². The summed E-state index contributed by atoms with van der Waals surface area (Å²) < 4.78 is 3.60. The SMILES string of the molecule is CCn1c(CN)cc(=O)n2nc(C3CCCC3)cc12. The average molecular weight is 260 g/mol. The van der Waals surface area contributed by atoms with Gasteiger partial charge in [0.25, 0.3) is 5.56 Å². The molecular weight excluding hydrogens is 240 g/mol. The number of aromatic nitrogens is 3. The third kappa shape index (κ3) is 1.98. The summed E-state index contributed by atoms with van der Waals surface area (Å²) in [5, 5.41) is 4.52. The summed E-state index contributed by atoms with van der Waals surface area (Å²) in [6.07, 6.45) is 4.91. The first-order valence-electron chi connectivity index (χ1n) is 7.07. The largest absolute Gasteiger partial charge is 0.329 e. The Morgan fingerprint density at radius 1 is 1.37 bits per heavy atom. The molecule has 5 heteroatoms. The van der Waals surface area contributed by atoms with Gasteiger partial charge in [0.2, 0.25) is 0 Å². The van der Waals surface area contributed by atoms with Crippen LogP contribution in [0.2, 0.25) is 0 Å². The normalized spacial score (nSPS) is 16.5. The Bertz CT molecular complexity index is 649. The van der Waals surface area contributed by atoms with E-state index in [1.165, 1.54) is 30.2 Å². The number of rotatable bonds is 3. The Hall–Kier alpha value is -1.62. The van der Waals surface area contributed by atoms with E-state index in [0.29, 0.717) is 12.5 Å². The molecule has 2 N–H and O–H groups in total. The lowest BCUT2D eigenvalue weighted by Crippen LogP contribution is -2.22. The molecule has 0 saturated heterocycles. The quantitative estimate of drug-likeness (QED) is 0.912. The molecule has 102 valence electrons. The Balaban J connectivity index is 2.20. The summed E-state index contributed by atoms with van der Waals surface area (Å²) in [6.45, 7) is 3.24. The van der Waals surface area contributed by atoms with Crippen molar-refractivity contribution in [3.8, 4) is 0 Å². The molecule has 2 aromatic rings. The minimum absolute atomic E-state index is 0.0793. The molecule has 0 bridgehead atoms. The summed E-state index contributed by atoms with van der Waals surface area (Å²) in [7, 11) is 0. The third-order valence-electron chi connectivity index (χ3n) is 4.13. The molecule has 5 nitrogen and oxygen atoms in total. The van der Waals surface area contributed by atoms with Gasteiger partial charge in [-0.3, -0.25) is 4.79 Å². The monoisotopic (exact) mass is 260 g/mol. The minimum Gasteiger partial charge on any atom is -0.329 e. The molecule has 1 aliphatic carbocycles. The fraction of sp³-hybridized carbons (Fsp3) is 0.571. The lowest BCUT2D eigenvalue weighted by atomic mass is 10.1. The van der Waals surface area contributed by atoms with E-state index in [1.807, 2.05) is 0 Å². The van der Waals surface area contributed by atoms with Crippen LogP contribution >= 0.6 is 0 Å². The number of aryl methyl sites for hydroxylation is 1. The van der Waals surface area contributed by atoms with Gasteiger partial charge in [-0.15, -0.1) is 0 Å². The predicted molar refractivity (Wildman–Crippen MR) is 74.2 cm³/mol. The van der Waals surface area contributed by atoms with Crippen LogP contribution in [0.3, 0.4) is 0 Å². The maximum Gasteiger partial charge on any atom is 0.274 e. The van der Waals surface area contributed by atoms with Gasteiger partial charge in [0.15, 0.2) is 0 Å². The second-order valence-corrected chi connectivity index (χ2v) is 5.24. The Kier molecular flexibility index (Phi) is 3.14. The van der Waals surface area contributed by atoms with E-state index < -0.39 is 0 Å². The van der Waals surface area contributed by atoms with Crippen molar-refractivity contribution in [3.63, 3.8) is 0 Å². The first-order valence-corrected chi connectivity index (χ1v) is 7.07. The maximum absolute atomic E-state index is 12.1. The van der Waals surface area contributed by atoms with Crippen LogP contribution in [0.5, 0.6) is 0 Å². The molecular formula is C14H20N4O. The summed E-state index contributed by atoms with van der Waals surface area (Å²) in [5.74, 6) is 0.519. The second-order valence-electron chi connectivity index (χ2n) is 5.24. The topological polar surface area (TPSA) is 65.3 Å². The van der Waals surface area contributed by atoms with Crippen molar-refractivity contribution in [1.29, 1.82) is 0 Å². The van der Waals surface area contributed by atoms with Crippen molar-refractivity contribution < 1.29 is 0 Å². The molecule has 19 heavy (non-hydrogen) atoms. The molecule has 2 aromatic heterocycles. The molecule has 3 rings (SSSR count). The zero-order valence-corrected chi connectivity index (χ0v) is 11.3. The molecule has 0 spiro atoms. The van der Waals surface area contributed by atoms with Crippen LogP contribution in [0, 0.1) is 0 Å². The fourth-order valence-electron chi connectivity index (χ4n) is 3.13. The molecule has 0 aromatic carbocycles. The molecule has 0 atom stereocenters. The highest BCUT2D eigenvalue weighted by Crippen LogP contribution is 2.33. The van der Waals surface area contributed by atoms with E-state index in [0.717, 1.165) is 23.6 Å². The molecule has 0 radical (unpaired) electrons. The van der Waals surface area contributed by atoms with Gasteiger partial charge in [0.05, 0.1) is 5.69 Å². The van der Waals surface area contributed by atoms with Crippen LogP contribution in [0.15, 0.2) is 16.9 Å². The third-order valence-corrected chi connectivity index (χ3v) is 4.13. The Morgan fingerprint density at radius 3 is 2.74 bits per heavy atom. The van der Waals surface area contributed by atoms with Crippen molar-refractivity contribution in [2.45, 2.75) is 51.6 Å². The number of fused-ring (bicyclic) bond motifs is 1. The molecule has 0 aliphatic heterocycles. The summed E-state index contributed by atoms with van der Waals surface area (Å²) >= 11 is 0. The van der Waals surface area contributed by atoms with E-state index in [2.05, 4.69) is 22.7 Å². The molecule has 0 amide bonds. The zero-order valence-electron chi connectivity index (χ0n) is 11.3. The van der Waals surface area contributed by atoms with Crippen molar-refractivity contribution in [3.05, 3.63) is 33.9 Å². The zero-order chi connectivity index (χ0) is 13.4. The van der Waals surface area contributed by atoms with Crippen LogP contribution in [0.4, 0.5) is 0 Å². The number of hydrogen-bond acceptors (Lipinski definition) is 3. The highest BCUT2D eigenvalue weighted by molar-refractivity contribution is 5.43. The average Bonchev–Trinajstić information content (AvgIpc) is 3.07. The van der Waals surface area contributed by atoms with Gasteiger partial charge in [0, 0.05) is 36.8 Å². The van der Waals surface area contributed by atoms with Gasteiger partial charge in [-0.25, -0.2) is 0 Å². The van der Waals surface area contributed by atoms with E-state index in [9.17, 15) is 4.79 Å². The van der Waals surface area contributed by atoms with Crippen LogP contribution < -0.4 is 11.3 Å². The molecule has 1 fully saturated rings. The first-order chi connectivity index (χ1) is 9.24. The molecule has 0 unspecified atom stereocenters. The summed E-state index contributed by atoms with van der Waals surface area (Å²) in [6, 6.07) is 3.67. The fourth-order valence-corrected chi connectivity index (χ4v) is 3.13. The van der Waals surface area contributed by atoms with Crippen LogP contribution in [0.25, 0.3) is 5.65 Å². The van der Waals surface area contributed by atoms with Crippen molar-refractivity contribution >= 4 is 5.65 Å². The molecule has 1 saturated carbocycles.